The molecule has 10 nitrogen and oxygen atoms in total. The summed E-state index contributed by atoms with van der Waals surface area (Å²) < 4.78 is 0. The molecule has 0 saturated carbocycles. The van der Waals surface area contributed by atoms with E-state index in [0.717, 1.165) is 48.8 Å². The van der Waals surface area contributed by atoms with E-state index in [9.17, 15) is 19.2 Å². The first-order chi connectivity index (χ1) is 13.2. The van der Waals surface area contributed by atoms with Crippen molar-refractivity contribution in [1.82, 2.24) is 0 Å². The van der Waals surface area contributed by atoms with Gasteiger partial charge in [-0.1, -0.05) is 0 Å². The molecule has 0 fully saturated rings. The van der Waals surface area contributed by atoms with E-state index in [-0.39, 0.29) is 33.6 Å². The van der Waals surface area contributed by atoms with Crippen LogP contribution in [-0.2, 0) is 0 Å². The van der Waals surface area contributed by atoms with E-state index in [1.165, 1.54) is 0 Å². The Kier molecular flexibility index (Phi) is 5.96. The second-order valence-electron chi connectivity index (χ2n) is 5.31. The van der Waals surface area contributed by atoms with E-state index in [4.69, 9.17) is 20.4 Å². The molecule has 10 heteroatoms. The Hall–Kier alpha value is -4.34. The first-order valence-electron chi connectivity index (χ1n) is 7.47. The molecule has 2 aromatic rings. The third kappa shape index (κ3) is 5.08. The molecule has 0 aliphatic heterocycles. The number of aromatic carboxylic acids is 4. The number of hydrogen-bond donors (Lipinski definition) is 4. The summed E-state index contributed by atoms with van der Waals surface area (Å²) in [5, 5.41) is 36.0. The number of hydrogen-bond acceptors (Lipinski definition) is 6. The van der Waals surface area contributed by atoms with Crippen LogP contribution >= 0.6 is 0 Å². The topological polar surface area (TPSA) is 174 Å². The van der Waals surface area contributed by atoms with Crippen molar-refractivity contribution < 1.29 is 39.6 Å². The molecule has 0 spiro atoms. The average Bonchev–Trinajstić information content (AvgIpc) is 2.64. The van der Waals surface area contributed by atoms with Gasteiger partial charge >= 0.3 is 23.9 Å². The van der Waals surface area contributed by atoms with Gasteiger partial charge in [0.2, 0.25) is 0 Å². The second kappa shape index (κ2) is 8.36. The van der Waals surface area contributed by atoms with Crippen LogP contribution in [0.5, 0.6) is 0 Å². The standard InChI is InChI=1S/C18H12N2O8/c21-15(22)9-3-10(16(23)24)6-13(5-9)19-1-2-20-14-7-11(17(25)26)4-12(8-14)18(27)28/h1-8H,(H,21,22)(H,23,24)(H,25,26)(H,27,28)/b19-1+,20-2+. The van der Waals surface area contributed by atoms with Crippen molar-refractivity contribution in [2.24, 2.45) is 9.98 Å². The van der Waals surface area contributed by atoms with Gasteiger partial charge in [0.15, 0.2) is 0 Å². The minimum atomic E-state index is -1.32. The van der Waals surface area contributed by atoms with Gasteiger partial charge in [-0.05, 0) is 36.4 Å². The molecule has 0 aromatic heterocycles. The van der Waals surface area contributed by atoms with Crippen LogP contribution in [0.1, 0.15) is 41.4 Å². The van der Waals surface area contributed by atoms with Crippen LogP contribution in [0.25, 0.3) is 0 Å². The predicted octanol–water partition coefficient (Wildman–Crippen LogP) is 2.58. The van der Waals surface area contributed by atoms with E-state index >= 15 is 0 Å². The fraction of sp³-hybridized carbons (Fsp3) is 0. The maximum absolute atomic E-state index is 11.0. The zero-order chi connectivity index (χ0) is 20.8. The summed E-state index contributed by atoms with van der Waals surface area (Å²) in [6.45, 7) is 0. The summed E-state index contributed by atoms with van der Waals surface area (Å²) in [5.41, 5.74) is -0.939. The lowest BCUT2D eigenvalue weighted by Crippen LogP contribution is -2.02. The Labute approximate surface area is 156 Å². The highest BCUT2D eigenvalue weighted by molar-refractivity contribution is 6.17. The third-order valence-corrected chi connectivity index (χ3v) is 3.34. The first kappa shape index (κ1) is 20.0. The summed E-state index contributed by atoms with van der Waals surface area (Å²) in [7, 11) is 0. The molecule has 4 N–H and O–H groups in total. The molecule has 0 heterocycles. The van der Waals surface area contributed by atoms with Crippen LogP contribution in [0.2, 0.25) is 0 Å². The SMILES string of the molecule is O=C(O)c1cc(/N=C/C=N/c2cc(C(=O)O)cc(C(=O)O)c2)cc(C(=O)O)c1. The van der Waals surface area contributed by atoms with Crippen LogP contribution in [0.4, 0.5) is 11.4 Å². The van der Waals surface area contributed by atoms with Gasteiger partial charge in [0.05, 0.1) is 33.6 Å². The van der Waals surface area contributed by atoms with E-state index in [1.807, 2.05) is 0 Å². The lowest BCUT2D eigenvalue weighted by Gasteiger charge is -2.01. The Morgan fingerprint density at radius 2 is 0.786 bits per heavy atom. The van der Waals surface area contributed by atoms with Crippen molar-refractivity contribution in [3.8, 4) is 0 Å². The summed E-state index contributed by atoms with van der Waals surface area (Å²) in [5.74, 6) is -5.28. The van der Waals surface area contributed by atoms with E-state index in [1.54, 1.807) is 0 Å². The molecule has 2 aromatic carbocycles. The van der Waals surface area contributed by atoms with Gasteiger partial charge in [0.1, 0.15) is 0 Å². The number of carboxylic acid groups (broad SMARTS) is 4. The maximum atomic E-state index is 11.0. The van der Waals surface area contributed by atoms with Gasteiger partial charge < -0.3 is 20.4 Å². The molecule has 0 unspecified atom stereocenters. The summed E-state index contributed by atoms with van der Waals surface area (Å²) in [6, 6.07) is 6.62. The highest BCUT2D eigenvalue weighted by Gasteiger charge is 2.12. The molecule has 2 rings (SSSR count). The van der Waals surface area contributed by atoms with Crippen LogP contribution in [0.3, 0.4) is 0 Å². The van der Waals surface area contributed by atoms with Gasteiger partial charge in [0.25, 0.3) is 0 Å². The quantitative estimate of drug-likeness (QED) is 0.527. The monoisotopic (exact) mass is 384 g/mol. The van der Waals surface area contributed by atoms with Gasteiger partial charge in [0, 0.05) is 12.4 Å². The number of benzene rings is 2. The Morgan fingerprint density at radius 3 is 1.00 bits per heavy atom. The Morgan fingerprint density at radius 1 is 0.536 bits per heavy atom. The van der Waals surface area contributed by atoms with Crippen molar-refractivity contribution in [1.29, 1.82) is 0 Å². The summed E-state index contributed by atoms with van der Waals surface area (Å²) >= 11 is 0. The van der Waals surface area contributed by atoms with Crippen molar-refractivity contribution in [3.05, 3.63) is 58.7 Å². The lowest BCUT2D eigenvalue weighted by molar-refractivity contribution is 0.0676. The van der Waals surface area contributed by atoms with E-state index in [2.05, 4.69) is 9.98 Å². The predicted molar refractivity (Wildman–Crippen MR) is 97.0 cm³/mol. The van der Waals surface area contributed by atoms with Crippen molar-refractivity contribution in [3.63, 3.8) is 0 Å². The highest BCUT2D eigenvalue weighted by Crippen LogP contribution is 2.19. The molecule has 0 saturated heterocycles. The fourth-order valence-electron chi connectivity index (χ4n) is 2.10. The molecule has 28 heavy (non-hydrogen) atoms. The molecular formula is C18H12N2O8. The Bertz CT molecular complexity index is 892. The van der Waals surface area contributed by atoms with Crippen LogP contribution in [0, 0.1) is 0 Å². The summed E-state index contributed by atoms with van der Waals surface area (Å²) in [4.78, 5) is 52.0. The molecule has 0 atom stereocenters. The van der Waals surface area contributed by atoms with Gasteiger partial charge in [-0.2, -0.15) is 0 Å². The van der Waals surface area contributed by atoms with Crippen LogP contribution in [-0.4, -0.2) is 56.7 Å². The third-order valence-electron chi connectivity index (χ3n) is 3.34. The first-order valence-corrected chi connectivity index (χ1v) is 7.47. The molecule has 0 aliphatic rings. The normalized spacial score (nSPS) is 11.0. The molecule has 0 amide bonds. The Balaban J connectivity index is 2.31. The zero-order valence-corrected chi connectivity index (χ0v) is 13.9. The molecule has 0 radical (unpaired) electrons. The number of rotatable bonds is 7. The van der Waals surface area contributed by atoms with Gasteiger partial charge in [-0.25, -0.2) is 19.2 Å². The lowest BCUT2D eigenvalue weighted by atomic mass is 10.1. The number of carbonyl (C=O) groups is 4. The minimum Gasteiger partial charge on any atom is -0.478 e. The zero-order valence-electron chi connectivity index (χ0n) is 13.9. The summed E-state index contributed by atoms with van der Waals surface area (Å²) in [6.07, 6.45) is 2.25. The van der Waals surface area contributed by atoms with Crippen molar-refractivity contribution in [2.75, 3.05) is 0 Å². The van der Waals surface area contributed by atoms with Crippen molar-refractivity contribution >= 4 is 47.7 Å². The highest BCUT2D eigenvalue weighted by atomic mass is 16.4. The molecule has 142 valence electrons. The minimum absolute atomic E-state index is 0.0502. The average molecular weight is 384 g/mol. The van der Waals surface area contributed by atoms with Crippen molar-refractivity contribution in [2.45, 2.75) is 0 Å². The number of aliphatic imine (C=N–C) groups is 2. The van der Waals surface area contributed by atoms with E-state index in [0.29, 0.717) is 0 Å². The number of carboxylic acids is 4. The van der Waals surface area contributed by atoms with Crippen LogP contribution in [0.15, 0.2) is 46.4 Å². The molecule has 0 aliphatic carbocycles. The molecule has 0 bridgehead atoms. The second-order valence-corrected chi connectivity index (χ2v) is 5.31. The van der Waals surface area contributed by atoms with Gasteiger partial charge in [-0.15, -0.1) is 0 Å². The molecular weight excluding hydrogens is 372 g/mol. The van der Waals surface area contributed by atoms with Crippen LogP contribution < -0.4 is 0 Å². The number of nitrogens with zero attached hydrogens (tertiary/aromatic N) is 2. The largest absolute Gasteiger partial charge is 0.478 e. The maximum Gasteiger partial charge on any atom is 0.335 e. The van der Waals surface area contributed by atoms with Gasteiger partial charge in [-0.3, -0.25) is 9.98 Å². The van der Waals surface area contributed by atoms with E-state index < -0.39 is 23.9 Å². The smallest absolute Gasteiger partial charge is 0.335 e. The fourth-order valence-corrected chi connectivity index (χ4v) is 2.10.